The van der Waals surface area contributed by atoms with E-state index in [1.807, 2.05) is 26.0 Å². The third-order valence-electron chi connectivity index (χ3n) is 9.52. The number of quaternary nitrogens is 1. The number of anilines is 1. The van der Waals surface area contributed by atoms with Gasteiger partial charge >= 0.3 is 0 Å². The van der Waals surface area contributed by atoms with Crippen molar-refractivity contribution in [1.82, 2.24) is 14.7 Å². The molecule has 5 rings (SSSR count). The number of nitrogens with zero attached hydrogens (tertiary/aromatic N) is 3. The molecule has 2 aromatic carbocycles. The molecular formula is C35H47FN5O5+. The maximum Gasteiger partial charge on any atom is 0.254 e. The zero-order chi connectivity index (χ0) is 33.0. The van der Waals surface area contributed by atoms with Crippen LogP contribution in [0.1, 0.15) is 91.5 Å². The molecule has 0 bridgehead atoms. The summed E-state index contributed by atoms with van der Waals surface area (Å²) in [6.07, 6.45) is 6.74. The monoisotopic (exact) mass is 636 g/mol. The molecule has 1 saturated carbocycles. The van der Waals surface area contributed by atoms with Crippen LogP contribution in [0.25, 0.3) is 0 Å². The van der Waals surface area contributed by atoms with Crippen molar-refractivity contribution >= 4 is 29.3 Å². The third kappa shape index (κ3) is 7.68. The van der Waals surface area contributed by atoms with Crippen molar-refractivity contribution in [2.75, 3.05) is 45.1 Å². The predicted octanol–water partition coefficient (Wildman–Crippen LogP) is 3.38. The SMILES string of the molecule is CC(=O)Nc1cc(F)cc(C(=O)N2CCN(C(=O)c3ccc(O[C@H]4CC[NH2+]C4)c(C4CCCCC4)c3)C(C(=O)N(C)C(C)C)C2)c1. The fourth-order valence-corrected chi connectivity index (χ4v) is 6.78. The van der Waals surface area contributed by atoms with E-state index >= 15 is 0 Å². The zero-order valence-corrected chi connectivity index (χ0v) is 27.4. The zero-order valence-electron chi connectivity index (χ0n) is 27.4. The van der Waals surface area contributed by atoms with Crippen LogP contribution < -0.4 is 15.4 Å². The van der Waals surface area contributed by atoms with Gasteiger partial charge in [0.1, 0.15) is 24.2 Å². The quantitative estimate of drug-likeness (QED) is 0.461. The van der Waals surface area contributed by atoms with Gasteiger partial charge in [-0.25, -0.2) is 4.39 Å². The number of hydrogen-bond acceptors (Lipinski definition) is 5. The van der Waals surface area contributed by atoms with Crippen LogP contribution in [0.2, 0.25) is 0 Å². The highest BCUT2D eigenvalue weighted by atomic mass is 19.1. The molecule has 46 heavy (non-hydrogen) atoms. The van der Waals surface area contributed by atoms with E-state index in [0.717, 1.165) is 68.6 Å². The largest absolute Gasteiger partial charge is 0.484 e. The second-order valence-corrected chi connectivity index (χ2v) is 13.1. The van der Waals surface area contributed by atoms with Crippen molar-refractivity contribution in [2.45, 2.75) is 83.4 Å². The Kier molecular flexibility index (Phi) is 10.6. The lowest BCUT2D eigenvalue weighted by Crippen LogP contribution is -2.81. The van der Waals surface area contributed by atoms with Gasteiger partial charge in [-0.1, -0.05) is 19.3 Å². The number of likely N-dealkylation sites (N-methyl/N-ethyl adjacent to an activating group) is 1. The number of carbonyl (C=O) groups excluding carboxylic acids is 4. The predicted molar refractivity (Wildman–Crippen MR) is 172 cm³/mol. The lowest BCUT2D eigenvalue weighted by molar-refractivity contribution is -0.638. The molecule has 0 radical (unpaired) electrons. The molecule has 3 N–H and O–H groups in total. The highest BCUT2D eigenvalue weighted by Gasteiger charge is 2.40. The molecule has 0 aromatic heterocycles. The van der Waals surface area contributed by atoms with Gasteiger partial charge in [0.25, 0.3) is 11.8 Å². The van der Waals surface area contributed by atoms with Crippen molar-refractivity contribution in [3.63, 3.8) is 0 Å². The summed E-state index contributed by atoms with van der Waals surface area (Å²) >= 11 is 0. The first-order valence-electron chi connectivity index (χ1n) is 16.6. The minimum atomic E-state index is -0.927. The normalized spacial score (nSPS) is 20.5. The average molecular weight is 637 g/mol. The summed E-state index contributed by atoms with van der Waals surface area (Å²) in [6.45, 7) is 7.32. The highest BCUT2D eigenvalue weighted by molar-refractivity contribution is 6.00. The Morgan fingerprint density at radius 1 is 0.978 bits per heavy atom. The Bertz CT molecular complexity index is 1450. The minimum absolute atomic E-state index is 0.0404. The summed E-state index contributed by atoms with van der Waals surface area (Å²) in [5.41, 5.74) is 1.79. The molecule has 2 heterocycles. The van der Waals surface area contributed by atoms with Crippen molar-refractivity contribution in [3.8, 4) is 5.75 Å². The number of carbonyl (C=O) groups is 4. The van der Waals surface area contributed by atoms with Crippen LogP contribution in [-0.2, 0) is 9.59 Å². The van der Waals surface area contributed by atoms with Crippen LogP contribution in [0.15, 0.2) is 36.4 Å². The van der Waals surface area contributed by atoms with E-state index in [1.54, 1.807) is 22.9 Å². The molecule has 1 unspecified atom stereocenters. The number of nitrogens with one attached hydrogen (secondary N) is 1. The lowest BCUT2D eigenvalue weighted by Gasteiger charge is -2.42. The molecule has 2 saturated heterocycles. The van der Waals surface area contributed by atoms with Gasteiger partial charge in [0.05, 0.1) is 13.1 Å². The lowest BCUT2D eigenvalue weighted by atomic mass is 9.83. The molecule has 2 aliphatic heterocycles. The van der Waals surface area contributed by atoms with Gasteiger partial charge < -0.3 is 30.1 Å². The van der Waals surface area contributed by atoms with Crippen molar-refractivity contribution in [1.29, 1.82) is 0 Å². The third-order valence-corrected chi connectivity index (χ3v) is 9.52. The maximum absolute atomic E-state index is 14.4. The number of rotatable bonds is 8. The van der Waals surface area contributed by atoms with Gasteiger partial charge in [0, 0.05) is 56.3 Å². The molecule has 2 aromatic rings. The van der Waals surface area contributed by atoms with E-state index in [1.165, 1.54) is 24.3 Å². The molecule has 10 nitrogen and oxygen atoms in total. The van der Waals surface area contributed by atoms with Crippen LogP contribution in [-0.4, -0.2) is 96.3 Å². The summed E-state index contributed by atoms with van der Waals surface area (Å²) in [7, 11) is 1.69. The van der Waals surface area contributed by atoms with Gasteiger partial charge in [-0.3, -0.25) is 19.2 Å². The Labute approximate surface area is 270 Å². The summed E-state index contributed by atoms with van der Waals surface area (Å²) in [5, 5.41) is 4.78. The fourth-order valence-electron chi connectivity index (χ4n) is 6.78. The van der Waals surface area contributed by atoms with E-state index in [4.69, 9.17) is 4.74 Å². The molecule has 3 fully saturated rings. The average Bonchev–Trinajstić information content (AvgIpc) is 3.56. The first kappa shape index (κ1) is 33.4. The molecule has 0 spiro atoms. The minimum Gasteiger partial charge on any atom is -0.484 e. The van der Waals surface area contributed by atoms with Crippen LogP contribution in [0, 0.1) is 5.82 Å². The van der Waals surface area contributed by atoms with Crippen molar-refractivity contribution in [2.24, 2.45) is 0 Å². The Morgan fingerprint density at radius 2 is 1.74 bits per heavy atom. The topological polar surface area (TPSA) is 116 Å². The summed E-state index contributed by atoms with van der Waals surface area (Å²) in [6, 6.07) is 8.30. The molecule has 1 aliphatic carbocycles. The summed E-state index contributed by atoms with van der Waals surface area (Å²) in [4.78, 5) is 57.9. The molecule has 4 amide bonds. The van der Waals surface area contributed by atoms with Crippen LogP contribution in [0.3, 0.4) is 0 Å². The smallest absolute Gasteiger partial charge is 0.254 e. The van der Waals surface area contributed by atoms with Gasteiger partial charge in [0.15, 0.2) is 6.10 Å². The summed E-state index contributed by atoms with van der Waals surface area (Å²) < 4.78 is 20.9. The molecule has 248 valence electrons. The van der Waals surface area contributed by atoms with E-state index < -0.39 is 17.8 Å². The van der Waals surface area contributed by atoms with Crippen molar-refractivity contribution < 1.29 is 33.6 Å². The fraction of sp³-hybridized carbons (Fsp3) is 0.543. The number of hydrogen-bond donors (Lipinski definition) is 2. The molecular weight excluding hydrogens is 589 g/mol. The Hall–Kier alpha value is -3.99. The van der Waals surface area contributed by atoms with Crippen LogP contribution in [0.4, 0.5) is 10.1 Å². The first-order chi connectivity index (χ1) is 22.0. The second kappa shape index (κ2) is 14.6. The Morgan fingerprint density at radius 3 is 2.41 bits per heavy atom. The van der Waals surface area contributed by atoms with E-state index in [2.05, 4.69) is 10.6 Å². The van der Waals surface area contributed by atoms with Crippen LogP contribution >= 0.6 is 0 Å². The molecule has 2 atom stereocenters. The maximum atomic E-state index is 14.4. The van der Waals surface area contributed by atoms with Gasteiger partial charge in [0.2, 0.25) is 11.8 Å². The number of benzene rings is 2. The summed E-state index contributed by atoms with van der Waals surface area (Å²) in [5.74, 6) is -0.907. The van der Waals surface area contributed by atoms with Gasteiger partial charge in [-0.2, -0.15) is 0 Å². The first-order valence-corrected chi connectivity index (χ1v) is 16.6. The molecule has 11 heteroatoms. The van der Waals surface area contributed by atoms with E-state index in [-0.39, 0.29) is 60.8 Å². The highest BCUT2D eigenvalue weighted by Crippen LogP contribution is 2.39. The number of halogens is 1. The second-order valence-electron chi connectivity index (χ2n) is 13.1. The number of nitrogens with two attached hydrogens (primary N) is 1. The molecule has 3 aliphatic rings. The van der Waals surface area contributed by atoms with Gasteiger partial charge in [-0.15, -0.1) is 0 Å². The number of piperazine rings is 1. The van der Waals surface area contributed by atoms with E-state index in [9.17, 15) is 23.6 Å². The van der Waals surface area contributed by atoms with E-state index in [0.29, 0.717) is 11.5 Å². The number of ether oxygens (including phenoxy) is 1. The standard InChI is InChI=1S/C35H46FN5O5/c1-22(2)39(4)35(45)31-21-40(33(43)26-16-27(36)19-28(17-26)38-23(3)42)14-15-41(31)34(44)25-10-11-32(46-29-12-13-37-20-29)30(18-25)24-8-6-5-7-9-24/h10-11,16-19,22,24,29,31,37H,5-9,12-15,20-21H2,1-4H3,(H,38,42)/p+1/t29-,31?/m0/s1. The van der Waals surface area contributed by atoms with Crippen LogP contribution in [0.5, 0.6) is 5.75 Å². The number of amides is 4. The Balaban J connectivity index is 1.42. The van der Waals surface area contributed by atoms with Gasteiger partial charge in [-0.05, 0) is 74.6 Å². The van der Waals surface area contributed by atoms with Crippen molar-refractivity contribution in [3.05, 3.63) is 58.9 Å².